The summed E-state index contributed by atoms with van der Waals surface area (Å²) in [5.41, 5.74) is 0. The summed E-state index contributed by atoms with van der Waals surface area (Å²) in [5.74, 6) is 1.30. The zero-order valence-corrected chi connectivity index (χ0v) is 13.5. The maximum Gasteiger partial charge on any atom is 0.293 e. The van der Waals surface area contributed by atoms with Gasteiger partial charge in [-0.3, -0.25) is 4.79 Å². The molecule has 1 aromatic rings. The number of carbonyl (C=O) groups excluding carboxylic acids is 1. The lowest BCUT2D eigenvalue weighted by Crippen LogP contribution is -2.48. The van der Waals surface area contributed by atoms with Gasteiger partial charge in [-0.2, -0.15) is 11.8 Å². The number of nitrogens with one attached hydrogen (secondary N) is 1. The Kier molecular flexibility index (Phi) is 4.49. The van der Waals surface area contributed by atoms with Crippen LogP contribution >= 0.6 is 11.8 Å². The number of hydrogen-bond donors (Lipinski definition) is 1. The fourth-order valence-corrected chi connectivity index (χ4v) is 4.06. The van der Waals surface area contributed by atoms with Crippen molar-refractivity contribution in [2.75, 3.05) is 25.4 Å². The number of hydrogen-bond acceptors (Lipinski definition) is 5. The van der Waals surface area contributed by atoms with Crippen LogP contribution in [0.4, 0.5) is 0 Å². The Bertz CT molecular complexity index is 499. The molecule has 2 aliphatic heterocycles. The molecule has 0 spiro atoms. The lowest BCUT2D eigenvalue weighted by molar-refractivity contribution is 0.0685. The number of amides is 1. The Balaban J connectivity index is 1.71. The second kappa shape index (κ2) is 6.36. The van der Waals surface area contributed by atoms with E-state index in [1.54, 1.807) is 6.33 Å². The fraction of sp³-hybridized carbons (Fsp3) is 0.786. The minimum atomic E-state index is -0.0304. The largest absolute Gasteiger partial charge is 0.331 e. The normalized spacial score (nSPS) is 30.4. The van der Waals surface area contributed by atoms with Crippen LogP contribution in [0.1, 0.15) is 43.3 Å². The summed E-state index contributed by atoms with van der Waals surface area (Å²) in [4.78, 5) is 18.8. The highest BCUT2D eigenvalue weighted by Gasteiger charge is 2.31. The molecule has 21 heavy (non-hydrogen) atoms. The summed E-state index contributed by atoms with van der Waals surface area (Å²) in [5, 5.41) is 8.26. The summed E-state index contributed by atoms with van der Waals surface area (Å²) < 4.78 is 1.85. The number of aromatic nitrogens is 3. The molecule has 0 aliphatic carbocycles. The van der Waals surface area contributed by atoms with E-state index in [1.165, 1.54) is 0 Å². The van der Waals surface area contributed by atoms with Crippen LogP contribution in [0.5, 0.6) is 0 Å². The van der Waals surface area contributed by atoms with Gasteiger partial charge in [-0.25, -0.2) is 9.67 Å². The van der Waals surface area contributed by atoms with Gasteiger partial charge in [-0.1, -0.05) is 6.92 Å². The minimum absolute atomic E-state index is 0.0304. The molecule has 7 heteroatoms. The van der Waals surface area contributed by atoms with Gasteiger partial charge in [0, 0.05) is 30.1 Å². The summed E-state index contributed by atoms with van der Waals surface area (Å²) in [7, 11) is 0. The Morgan fingerprint density at radius 3 is 3.10 bits per heavy atom. The minimum Gasteiger partial charge on any atom is -0.331 e. The van der Waals surface area contributed by atoms with E-state index in [1.807, 2.05) is 21.3 Å². The molecule has 6 nitrogen and oxygen atoms in total. The zero-order valence-electron chi connectivity index (χ0n) is 12.7. The van der Waals surface area contributed by atoms with Gasteiger partial charge in [0.05, 0.1) is 6.04 Å². The summed E-state index contributed by atoms with van der Waals surface area (Å²) in [6.45, 7) is 7.04. The maximum absolute atomic E-state index is 12.6. The summed E-state index contributed by atoms with van der Waals surface area (Å²) in [6, 6.07) is 0.556. The first-order valence-corrected chi connectivity index (χ1v) is 8.76. The average Bonchev–Trinajstić information content (AvgIpc) is 3.00. The SMILES string of the molecule is CC1SCCN(C(=O)c2ncn(C3CCCNC3)n2)C1C. The molecule has 1 N–H and O–H groups in total. The second-order valence-corrected chi connectivity index (χ2v) is 7.35. The van der Waals surface area contributed by atoms with Crippen molar-refractivity contribution >= 4 is 17.7 Å². The van der Waals surface area contributed by atoms with E-state index in [9.17, 15) is 4.79 Å². The Hall–Kier alpha value is -1.08. The van der Waals surface area contributed by atoms with Gasteiger partial charge in [0.2, 0.25) is 5.82 Å². The molecule has 3 atom stereocenters. The highest BCUT2D eigenvalue weighted by Crippen LogP contribution is 2.25. The van der Waals surface area contributed by atoms with Crippen LogP contribution in [0.25, 0.3) is 0 Å². The van der Waals surface area contributed by atoms with Crippen LogP contribution in [-0.4, -0.2) is 62.3 Å². The van der Waals surface area contributed by atoms with E-state index in [-0.39, 0.29) is 11.9 Å². The highest BCUT2D eigenvalue weighted by atomic mass is 32.2. The van der Waals surface area contributed by atoms with E-state index in [0.29, 0.717) is 17.1 Å². The molecule has 1 amide bonds. The van der Waals surface area contributed by atoms with Crippen molar-refractivity contribution in [2.24, 2.45) is 0 Å². The molecule has 0 aromatic carbocycles. The third-order valence-corrected chi connectivity index (χ3v) is 5.83. The van der Waals surface area contributed by atoms with Gasteiger partial charge < -0.3 is 10.2 Å². The number of rotatable bonds is 2. The predicted octanol–water partition coefficient (Wildman–Crippen LogP) is 1.17. The number of carbonyl (C=O) groups is 1. The smallest absolute Gasteiger partial charge is 0.293 e. The average molecular weight is 309 g/mol. The maximum atomic E-state index is 12.6. The van der Waals surface area contributed by atoms with Gasteiger partial charge in [0.15, 0.2) is 0 Å². The third kappa shape index (κ3) is 3.08. The molecule has 2 saturated heterocycles. The van der Waals surface area contributed by atoms with Gasteiger partial charge in [-0.05, 0) is 26.3 Å². The highest BCUT2D eigenvalue weighted by molar-refractivity contribution is 8.00. The molecular formula is C14H23N5OS. The van der Waals surface area contributed by atoms with Crippen LogP contribution in [0, 0.1) is 0 Å². The summed E-state index contributed by atoms with van der Waals surface area (Å²) >= 11 is 1.92. The molecule has 0 saturated carbocycles. The Morgan fingerprint density at radius 1 is 1.48 bits per heavy atom. The van der Waals surface area contributed by atoms with Gasteiger partial charge in [0.25, 0.3) is 5.91 Å². The molecule has 2 aliphatic rings. The predicted molar refractivity (Wildman–Crippen MR) is 83.6 cm³/mol. The van der Waals surface area contributed by atoms with Crippen LogP contribution in [-0.2, 0) is 0 Å². The standard InChI is InChI=1S/C14H23N5OS/c1-10-11(2)21-7-6-18(10)14(20)13-16-9-19(17-13)12-4-3-5-15-8-12/h9-12,15H,3-8H2,1-2H3. The molecule has 116 valence electrons. The van der Waals surface area contributed by atoms with Crippen molar-refractivity contribution in [1.82, 2.24) is 25.0 Å². The van der Waals surface area contributed by atoms with E-state index < -0.39 is 0 Å². The van der Waals surface area contributed by atoms with Crippen molar-refractivity contribution in [1.29, 1.82) is 0 Å². The van der Waals surface area contributed by atoms with Crippen molar-refractivity contribution < 1.29 is 4.79 Å². The first-order chi connectivity index (χ1) is 10.2. The van der Waals surface area contributed by atoms with Crippen LogP contribution in [0.2, 0.25) is 0 Å². The molecular weight excluding hydrogens is 286 g/mol. The lowest BCUT2D eigenvalue weighted by Gasteiger charge is -2.36. The molecule has 1 aromatic heterocycles. The van der Waals surface area contributed by atoms with Gasteiger partial charge >= 0.3 is 0 Å². The van der Waals surface area contributed by atoms with E-state index in [2.05, 4.69) is 29.2 Å². The third-order valence-electron chi connectivity index (χ3n) is 4.49. The van der Waals surface area contributed by atoms with Crippen LogP contribution in [0.3, 0.4) is 0 Å². The molecule has 3 heterocycles. The topological polar surface area (TPSA) is 63.1 Å². The second-order valence-electron chi connectivity index (χ2n) is 5.86. The van der Waals surface area contributed by atoms with Gasteiger partial charge in [0.1, 0.15) is 6.33 Å². The fourth-order valence-electron chi connectivity index (χ4n) is 2.96. The number of piperidine rings is 1. The van der Waals surface area contributed by atoms with Gasteiger partial charge in [-0.15, -0.1) is 5.10 Å². The van der Waals surface area contributed by atoms with Crippen molar-refractivity contribution in [3.05, 3.63) is 12.2 Å². The van der Waals surface area contributed by atoms with Crippen molar-refractivity contribution in [3.8, 4) is 0 Å². The number of thioether (sulfide) groups is 1. The quantitative estimate of drug-likeness (QED) is 0.888. The Labute approximate surface area is 129 Å². The van der Waals surface area contributed by atoms with Crippen LogP contribution in [0.15, 0.2) is 6.33 Å². The molecule has 3 unspecified atom stereocenters. The Morgan fingerprint density at radius 2 is 2.33 bits per heavy atom. The van der Waals surface area contributed by atoms with E-state index in [4.69, 9.17) is 0 Å². The zero-order chi connectivity index (χ0) is 14.8. The van der Waals surface area contributed by atoms with Crippen molar-refractivity contribution in [2.45, 2.75) is 44.0 Å². The first kappa shape index (κ1) is 14.8. The molecule has 0 radical (unpaired) electrons. The number of nitrogens with zero attached hydrogens (tertiary/aromatic N) is 4. The molecule has 0 bridgehead atoms. The van der Waals surface area contributed by atoms with Crippen LogP contribution < -0.4 is 5.32 Å². The molecule has 2 fully saturated rings. The molecule has 3 rings (SSSR count). The van der Waals surface area contributed by atoms with Crippen molar-refractivity contribution in [3.63, 3.8) is 0 Å². The lowest BCUT2D eigenvalue weighted by atomic mass is 10.1. The van der Waals surface area contributed by atoms with E-state index in [0.717, 1.165) is 38.2 Å². The first-order valence-electron chi connectivity index (χ1n) is 7.71. The summed E-state index contributed by atoms with van der Waals surface area (Å²) in [6.07, 6.45) is 3.95. The monoisotopic (exact) mass is 309 g/mol. The van der Waals surface area contributed by atoms with E-state index >= 15 is 0 Å².